The van der Waals surface area contributed by atoms with Crippen LogP contribution < -0.4 is 5.73 Å². The zero-order valence-electron chi connectivity index (χ0n) is 14.0. The maximum atomic E-state index is 14.6. The molecule has 2 aliphatic rings. The molecule has 3 atom stereocenters. The van der Waals surface area contributed by atoms with Gasteiger partial charge in [0, 0.05) is 11.8 Å². The average molecular weight is 339 g/mol. The summed E-state index contributed by atoms with van der Waals surface area (Å²) in [7, 11) is 0. The Balaban J connectivity index is 1.78. The molecule has 0 aromatic carbocycles. The summed E-state index contributed by atoms with van der Waals surface area (Å²) >= 11 is 0. The number of hydrogen-bond acceptors (Lipinski definition) is 5. The molecule has 0 saturated heterocycles. The van der Waals surface area contributed by atoms with Crippen LogP contribution in [0.5, 0.6) is 0 Å². The SMILES string of the molecule is Cc1nn(-c2nc3n(n2)[C@H](C2(C)C=CC=CC2)C[C@@H]3F)c(N)c1C#N. The third-order valence-corrected chi connectivity index (χ3v) is 5.09. The van der Waals surface area contributed by atoms with Gasteiger partial charge in [-0.25, -0.2) is 9.07 Å². The molecule has 1 unspecified atom stereocenters. The zero-order valence-corrected chi connectivity index (χ0v) is 14.0. The van der Waals surface area contributed by atoms with E-state index in [-0.39, 0.29) is 34.6 Å². The van der Waals surface area contributed by atoms with E-state index in [2.05, 4.69) is 34.3 Å². The smallest absolute Gasteiger partial charge is 0.271 e. The van der Waals surface area contributed by atoms with Crippen LogP contribution in [-0.2, 0) is 0 Å². The van der Waals surface area contributed by atoms with Crippen molar-refractivity contribution < 1.29 is 4.39 Å². The molecule has 7 nitrogen and oxygen atoms in total. The highest BCUT2D eigenvalue weighted by Crippen LogP contribution is 2.49. The minimum Gasteiger partial charge on any atom is -0.382 e. The molecule has 0 fully saturated rings. The van der Waals surface area contributed by atoms with Crippen molar-refractivity contribution in [1.82, 2.24) is 24.5 Å². The monoisotopic (exact) mass is 339 g/mol. The van der Waals surface area contributed by atoms with Gasteiger partial charge in [-0.1, -0.05) is 31.2 Å². The summed E-state index contributed by atoms with van der Waals surface area (Å²) < 4.78 is 17.6. The minimum atomic E-state index is -1.18. The van der Waals surface area contributed by atoms with Gasteiger partial charge in [0.25, 0.3) is 5.95 Å². The molecular formula is C17H18FN7. The van der Waals surface area contributed by atoms with Crippen molar-refractivity contribution in [2.45, 2.75) is 38.9 Å². The minimum absolute atomic E-state index is 0.131. The van der Waals surface area contributed by atoms with Crippen molar-refractivity contribution in [3.05, 3.63) is 41.4 Å². The van der Waals surface area contributed by atoms with E-state index in [1.54, 1.807) is 11.6 Å². The lowest BCUT2D eigenvalue weighted by atomic mass is 9.76. The number of aryl methyl sites for hydroxylation is 1. The molecule has 25 heavy (non-hydrogen) atoms. The molecule has 0 bridgehead atoms. The Bertz CT molecular complexity index is 945. The number of aromatic nitrogens is 5. The van der Waals surface area contributed by atoms with Crippen molar-refractivity contribution in [2.75, 3.05) is 5.73 Å². The summed E-state index contributed by atoms with van der Waals surface area (Å²) in [6.07, 6.45) is 8.14. The lowest BCUT2D eigenvalue weighted by Crippen LogP contribution is -2.27. The largest absolute Gasteiger partial charge is 0.382 e. The van der Waals surface area contributed by atoms with Gasteiger partial charge in [-0.3, -0.25) is 0 Å². The van der Waals surface area contributed by atoms with Crippen molar-refractivity contribution in [2.24, 2.45) is 5.41 Å². The van der Waals surface area contributed by atoms with Crippen LogP contribution in [-0.4, -0.2) is 24.5 Å². The van der Waals surface area contributed by atoms with Crippen LogP contribution >= 0.6 is 0 Å². The third-order valence-electron chi connectivity index (χ3n) is 5.09. The number of nitriles is 1. The summed E-state index contributed by atoms with van der Waals surface area (Å²) in [5.41, 5.74) is 6.54. The maximum absolute atomic E-state index is 14.6. The standard InChI is InChI=1S/C17H18FN7/c1-10-11(9-19)14(20)25(22-10)16-21-15-12(18)8-13(24(15)23-16)17(2)6-4-3-5-7-17/h3-6,12-13H,7-8,20H2,1-2H3/t12-,13-,17?/m0/s1. The maximum Gasteiger partial charge on any atom is 0.271 e. The fourth-order valence-corrected chi connectivity index (χ4v) is 3.63. The molecule has 128 valence electrons. The molecule has 0 radical (unpaired) electrons. The van der Waals surface area contributed by atoms with Gasteiger partial charge < -0.3 is 5.73 Å². The van der Waals surface area contributed by atoms with E-state index >= 15 is 0 Å². The summed E-state index contributed by atoms with van der Waals surface area (Å²) in [5.74, 6) is 0.654. The van der Waals surface area contributed by atoms with Gasteiger partial charge in [0.05, 0.1) is 11.7 Å². The van der Waals surface area contributed by atoms with Crippen LogP contribution in [0.3, 0.4) is 0 Å². The second-order valence-electron chi connectivity index (χ2n) is 6.80. The summed E-state index contributed by atoms with van der Waals surface area (Å²) in [4.78, 5) is 4.31. The molecule has 2 N–H and O–H groups in total. The molecular weight excluding hydrogens is 321 g/mol. The molecule has 1 aliphatic heterocycles. The first-order chi connectivity index (χ1) is 11.9. The van der Waals surface area contributed by atoms with Gasteiger partial charge >= 0.3 is 0 Å². The van der Waals surface area contributed by atoms with Crippen molar-refractivity contribution in [3.8, 4) is 12.0 Å². The number of hydrogen-bond donors (Lipinski definition) is 1. The molecule has 0 saturated carbocycles. The highest BCUT2D eigenvalue weighted by atomic mass is 19.1. The van der Waals surface area contributed by atoms with Crippen LogP contribution in [0.25, 0.3) is 5.95 Å². The lowest BCUT2D eigenvalue weighted by molar-refractivity contribution is 0.219. The predicted octanol–water partition coefficient (Wildman–Crippen LogP) is 2.70. The van der Waals surface area contributed by atoms with Gasteiger partial charge in [0.15, 0.2) is 12.0 Å². The lowest BCUT2D eigenvalue weighted by Gasteiger charge is -2.33. The van der Waals surface area contributed by atoms with Gasteiger partial charge in [-0.05, 0) is 13.3 Å². The Hall–Kier alpha value is -2.95. The quantitative estimate of drug-likeness (QED) is 0.907. The fraction of sp³-hybridized carbons (Fsp3) is 0.412. The van der Waals surface area contributed by atoms with Crippen LogP contribution in [0.15, 0.2) is 24.3 Å². The number of nitrogen functional groups attached to an aromatic ring is 1. The van der Waals surface area contributed by atoms with Crippen LogP contribution in [0, 0.1) is 23.7 Å². The molecule has 1 aliphatic carbocycles. The van der Waals surface area contributed by atoms with Gasteiger partial charge in [-0.15, -0.1) is 5.10 Å². The van der Waals surface area contributed by atoms with E-state index in [0.29, 0.717) is 12.1 Å². The molecule has 4 rings (SSSR count). The second kappa shape index (κ2) is 5.28. The Morgan fingerprint density at radius 1 is 1.40 bits per heavy atom. The molecule has 2 aromatic heterocycles. The number of fused-ring (bicyclic) bond motifs is 1. The summed E-state index contributed by atoms with van der Waals surface area (Å²) in [6.45, 7) is 3.79. The molecule has 2 aromatic rings. The van der Waals surface area contributed by atoms with Crippen molar-refractivity contribution in [3.63, 3.8) is 0 Å². The Morgan fingerprint density at radius 3 is 2.84 bits per heavy atom. The Kier molecular flexibility index (Phi) is 3.29. The van der Waals surface area contributed by atoms with Gasteiger partial charge in [0.2, 0.25) is 0 Å². The molecule has 8 heteroatoms. The number of allylic oxidation sites excluding steroid dienone is 4. The van der Waals surface area contributed by atoms with Gasteiger partial charge in [0.1, 0.15) is 17.5 Å². The van der Waals surface area contributed by atoms with Gasteiger partial charge in [-0.2, -0.15) is 20.0 Å². The topological polar surface area (TPSA) is 98.3 Å². The first kappa shape index (κ1) is 15.6. The molecule has 0 spiro atoms. The highest BCUT2D eigenvalue weighted by molar-refractivity contribution is 5.54. The number of halogens is 1. The summed E-state index contributed by atoms with van der Waals surface area (Å²) in [6, 6.07) is 1.89. The number of nitrogens with two attached hydrogens (primary N) is 1. The Morgan fingerprint density at radius 2 is 2.20 bits per heavy atom. The fourth-order valence-electron chi connectivity index (χ4n) is 3.63. The third kappa shape index (κ3) is 2.19. The van der Waals surface area contributed by atoms with Crippen molar-refractivity contribution in [1.29, 1.82) is 5.26 Å². The molecule has 3 heterocycles. The van der Waals surface area contributed by atoms with E-state index in [1.807, 2.05) is 18.2 Å². The Labute approximate surface area is 144 Å². The van der Waals surface area contributed by atoms with E-state index < -0.39 is 6.17 Å². The molecule has 0 amide bonds. The number of nitrogens with zero attached hydrogens (tertiary/aromatic N) is 6. The summed E-state index contributed by atoms with van der Waals surface area (Å²) in [5, 5.41) is 17.9. The van der Waals surface area contributed by atoms with E-state index in [9.17, 15) is 4.39 Å². The van der Waals surface area contributed by atoms with E-state index in [1.165, 1.54) is 4.68 Å². The average Bonchev–Trinajstić information content (AvgIpc) is 3.22. The second-order valence-corrected chi connectivity index (χ2v) is 6.80. The normalized spacial score (nSPS) is 27.4. The number of alkyl halides is 1. The number of anilines is 1. The zero-order chi connectivity index (χ0) is 17.8. The highest BCUT2D eigenvalue weighted by Gasteiger charge is 2.44. The van der Waals surface area contributed by atoms with Crippen LogP contribution in [0.4, 0.5) is 10.2 Å². The van der Waals surface area contributed by atoms with E-state index in [4.69, 9.17) is 11.0 Å². The first-order valence-corrected chi connectivity index (χ1v) is 8.15. The number of rotatable bonds is 2. The van der Waals surface area contributed by atoms with Crippen molar-refractivity contribution >= 4 is 5.82 Å². The first-order valence-electron chi connectivity index (χ1n) is 8.15. The predicted molar refractivity (Wildman–Crippen MR) is 89.5 cm³/mol. The van der Waals surface area contributed by atoms with Crippen LogP contribution in [0.1, 0.15) is 49.1 Å². The van der Waals surface area contributed by atoms with Crippen LogP contribution in [0.2, 0.25) is 0 Å². The van der Waals surface area contributed by atoms with E-state index in [0.717, 1.165) is 6.42 Å².